The summed E-state index contributed by atoms with van der Waals surface area (Å²) in [7, 11) is 0. The van der Waals surface area contributed by atoms with Crippen LogP contribution >= 0.6 is 0 Å². The first-order valence-electron chi connectivity index (χ1n) is 10.3. The molecule has 154 valence electrons. The maximum Gasteiger partial charge on any atom is 0.232 e. The number of nitriles is 1. The van der Waals surface area contributed by atoms with Crippen LogP contribution < -0.4 is 9.80 Å². The van der Waals surface area contributed by atoms with Gasteiger partial charge in [-0.05, 0) is 41.8 Å². The fourth-order valence-electron chi connectivity index (χ4n) is 4.46. The Labute approximate surface area is 180 Å². The Morgan fingerprint density at radius 1 is 1.23 bits per heavy atom. The molecule has 0 spiro atoms. The molecule has 1 fully saturated rings. The molecule has 2 aliphatic heterocycles. The summed E-state index contributed by atoms with van der Waals surface area (Å²) >= 11 is 0. The third-order valence-electron chi connectivity index (χ3n) is 5.99. The van der Waals surface area contributed by atoms with Crippen LogP contribution in [0.15, 0.2) is 61.2 Å². The molecule has 1 atom stereocenters. The lowest BCUT2D eigenvalue weighted by Gasteiger charge is -2.22. The first-order valence-corrected chi connectivity index (χ1v) is 10.3. The molecule has 0 bridgehead atoms. The van der Waals surface area contributed by atoms with E-state index in [1.54, 1.807) is 41.7 Å². The van der Waals surface area contributed by atoms with E-state index in [9.17, 15) is 9.59 Å². The molecule has 7 heteroatoms. The third kappa shape index (κ3) is 3.57. The smallest absolute Gasteiger partial charge is 0.232 e. The predicted octanol–water partition coefficient (Wildman–Crippen LogP) is 2.75. The number of hydrogen-bond acceptors (Lipinski definition) is 4. The van der Waals surface area contributed by atoms with Crippen LogP contribution in [0, 0.1) is 17.2 Å². The number of imidazole rings is 1. The van der Waals surface area contributed by atoms with Crippen LogP contribution in [0.5, 0.6) is 0 Å². The molecular formula is C24H21N5O2. The molecule has 0 unspecified atom stereocenters. The second-order valence-electron chi connectivity index (χ2n) is 8.01. The van der Waals surface area contributed by atoms with E-state index in [2.05, 4.69) is 17.1 Å². The van der Waals surface area contributed by atoms with Gasteiger partial charge in [-0.1, -0.05) is 18.2 Å². The van der Waals surface area contributed by atoms with Crippen molar-refractivity contribution in [1.29, 1.82) is 5.26 Å². The Bertz CT molecular complexity index is 1190. The van der Waals surface area contributed by atoms with Crippen LogP contribution in [0.25, 0.3) is 0 Å². The molecular weight excluding hydrogens is 390 g/mol. The number of fused-ring (bicyclic) bond motifs is 1. The molecule has 3 aromatic rings. The van der Waals surface area contributed by atoms with Gasteiger partial charge < -0.3 is 14.4 Å². The van der Waals surface area contributed by atoms with Gasteiger partial charge in [0, 0.05) is 49.8 Å². The summed E-state index contributed by atoms with van der Waals surface area (Å²) in [5.74, 6) is -0.466. The highest BCUT2D eigenvalue weighted by molar-refractivity contribution is 6.05. The highest BCUT2D eigenvalue weighted by atomic mass is 16.2. The van der Waals surface area contributed by atoms with E-state index in [0.717, 1.165) is 24.2 Å². The molecule has 2 aromatic carbocycles. The number of aromatic nitrogens is 2. The number of carbonyl (C=O) groups excluding carboxylic acids is 2. The van der Waals surface area contributed by atoms with Gasteiger partial charge in [0.15, 0.2) is 0 Å². The fraction of sp³-hybridized carbons (Fsp3) is 0.250. The summed E-state index contributed by atoms with van der Waals surface area (Å²) in [4.78, 5) is 33.4. The quantitative estimate of drug-likeness (QED) is 0.661. The Morgan fingerprint density at radius 2 is 2.13 bits per heavy atom. The lowest BCUT2D eigenvalue weighted by molar-refractivity contribution is -0.124. The molecule has 0 radical (unpaired) electrons. The lowest BCUT2D eigenvalue weighted by atomic mass is 10.1. The van der Waals surface area contributed by atoms with Crippen LogP contribution in [-0.2, 0) is 22.6 Å². The van der Waals surface area contributed by atoms with Crippen LogP contribution in [0.1, 0.15) is 23.1 Å². The van der Waals surface area contributed by atoms with Crippen LogP contribution in [0.2, 0.25) is 0 Å². The van der Waals surface area contributed by atoms with E-state index >= 15 is 0 Å². The minimum Gasteiger partial charge on any atom is -0.333 e. The number of amides is 2. The molecule has 0 aliphatic carbocycles. The number of anilines is 2. The lowest BCUT2D eigenvalue weighted by Crippen LogP contribution is -2.36. The summed E-state index contributed by atoms with van der Waals surface area (Å²) in [5, 5.41) is 9.12. The van der Waals surface area contributed by atoms with Gasteiger partial charge in [-0.3, -0.25) is 9.59 Å². The zero-order valence-electron chi connectivity index (χ0n) is 16.9. The number of nitrogens with zero attached hydrogens (tertiary/aromatic N) is 5. The maximum atomic E-state index is 13.3. The minimum atomic E-state index is -0.380. The highest BCUT2D eigenvalue weighted by Gasteiger charge is 2.39. The van der Waals surface area contributed by atoms with Crippen molar-refractivity contribution in [1.82, 2.24) is 9.55 Å². The standard InChI is InChI=1S/C24H21N5O2/c25-13-17-2-1-3-21(11-17)29-15-20(12-23(29)30)24(31)28-8-6-19-10-18(4-5-22(19)28)14-27-9-7-26-16-27/h1-5,7,9-11,16,20H,6,8,12,14-15H2/t20-/m1/s1. The molecule has 3 heterocycles. The van der Waals surface area contributed by atoms with Crippen molar-refractivity contribution in [3.63, 3.8) is 0 Å². The first kappa shape index (κ1) is 19.1. The summed E-state index contributed by atoms with van der Waals surface area (Å²) in [5.41, 5.74) is 4.45. The molecule has 31 heavy (non-hydrogen) atoms. The molecule has 0 N–H and O–H groups in total. The van der Waals surface area contributed by atoms with Crippen molar-refractivity contribution in [3.05, 3.63) is 77.9 Å². The molecule has 1 saturated heterocycles. The zero-order valence-corrected chi connectivity index (χ0v) is 16.9. The maximum absolute atomic E-state index is 13.3. The van der Waals surface area contributed by atoms with Crippen molar-refractivity contribution in [2.45, 2.75) is 19.4 Å². The van der Waals surface area contributed by atoms with Gasteiger partial charge in [0.1, 0.15) is 0 Å². The minimum absolute atomic E-state index is 0.00611. The van der Waals surface area contributed by atoms with Crippen molar-refractivity contribution in [2.24, 2.45) is 5.92 Å². The Hall–Kier alpha value is -3.92. The zero-order chi connectivity index (χ0) is 21.4. The summed E-state index contributed by atoms with van der Waals surface area (Å²) in [6, 6.07) is 15.3. The summed E-state index contributed by atoms with van der Waals surface area (Å²) in [6.07, 6.45) is 6.49. The average molecular weight is 411 g/mol. The van der Waals surface area contributed by atoms with Gasteiger partial charge in [0.25, 0.3) is 0 Å². The van der Waals surface area contributed by atoms with Crippen molar-refractivity contribution in [3.8, 4) is 6.07 Å². The highest BCUT2D eigenvalue weighted by Crippen LogP contribution is 2.33. The SMILES string of the molecule is N#Cc1cccc(N2C[C@H](C(=O)N3CCc4cc(Cn5ccnc5)ccc43)CC2=O)c1. The molecule has 1 aromatic heterocycles. The van der Waals surface area contributed by atoms with Crippen LogP contribution in [0.3, 0.4) is 0 Å². The van der Waals surface area contributed by atoms with Crippen molar-refractivity contribution < 1.29 is 9.59 Å². The average Bonchev–Trinajstić information content (AvgIpc) is 3.53. The molecule has 5 rings (SSSR count). The molecule has 7 nitrogen and oxygen atoms in total. The Morgan fingerprint density at radius 3 is 2.94 bits per heavy atom. The van der Waals surface area contributed by atoms with E-state index in [1.807, 2.05) is 27.8 Å². The van der Waals surface area contributed by atoms with E-state index in [4.69, 9.17) is 5.26 Å². The van der Waals surface area contributed by atoms with Gasteiger partial charge in [-0.25, -0.2) is 4.98 Å². The van der Waals surface area contributed by atoms with Crippen molar-refractivity contribution in [2.75, 3.05) is 22.9 Å². The third-order valence-corrected chi connectivity index (χ3v) is 5.99. The van der Waals surface area contributed by atoms with Gasteiger partial charge in [-0.2, -0.15) is 5.26 Å². The summed E-state index contributed by atoms with van der Waals surface area (Å²) < 4.78 is 2.01. The second kappa shape index (κ2) is 7.73. The van der Waals surface area contributed by atoms with Gasteiger partial charge in [0.2, 0.25) is 11.8 Å². The van der Waals surface area contributed by atoms with E-state index in [1.165, 1.54) is 5.56 Å². The van der Waals surface area contributed by atoms with E-state index in [0.29, 0.717) is 24.3 Å². The van der Waals surface area contributed by atoms with E-state index < -0.39 is 0 Å². The number of carbonyl (C=O) groups is 2. The number of hydrogen-bond donors (Lipinski definition) is 0. The monoisotopic (exact) mass is 411 g/mol. The van der Waals surface area contributed by atoms with E-state index in [-0.39, 0.29) is 24.2 Å². The second-order valence-corrected chi connectivity index (χ2v) is 8.01. The first-order chi connectivity index (χ1) is 15.1. The predicted molar refractivity (Wildman–Crippen MR) is 115 cm³/mol. The fourth-order valence-corrected chi connectivity index (χ4v) is 4.46. The van der Waals surface area contributed by atoms with Gasteiger partial charge >= 0.3 is 0 Å². The topological polar surface area (TPSA) is 82.2 Å². The van der Waals surface area contributed by atoms with Crippen molar-refractivity contribution >= 4 is 23.2 Å². The number of rotatable bonds is 4. The normalized spacial score (nSPS) is 17.6. The molecule has 2 amide bonds. The Kier molecular flexibility index (Phi) is 4.75. The van der Waals surface area contributed by atoms with Crippen LogP contribution in [0.4, 0.5) is 11.4 Å². The largest absolute Gasteiger partial charge is 0.333 e. The Balaban J connectivity index is 1.31. The van der Waals surface area contributed by atoms with Gasteiger partial charge in [0.05, 0.1) is 23.9 Å². The summed E-state index contributed by atoms with van der Waals surface area (Å²) in [6.45, 7) is 1.73. The number of benzene rings is 2. The van der Waals surface area contributed by atoms with Gasteiger partial charge in [-0.15, -0.1) is 0 Å². The molecule has 0 saturated carbocycles. The molecule has 2 aliphatic rings. The van der Waals surface area contributed by atoms with Crippen LogP contribution in [-0.4, -0.2) is 34.5 Å².